The van der Waals surface area contributed by atoms with E-state index < -0.39 is 0 Å². The first-order valence-electron chi connectivity index (χ1n) is 5.45. The van der Waals surface area contributed by atoms with E-state index in [1.807, 2.05) is 44.2 Å². The molecule has 0 amide bonds. The Morgan fingerprint density at radius 2 is 1.94 bits per heavy atom. The van der Waals surface area contributed by atoms with Crippen LogP contribution in [0.4, 0.5) is 5.95 Å². The van der Waals surface area contributed by atoms with Crippen molar-refractivity contribution in [2.75, 3.05) is 12.4 Å². The van der Waals surface area contributed by atoms with Crippen molar-refractivity contribution in [1.82, 2.24) is 9.97 Å². The van der Waals surface area contributed by atoms with Crippen molar-refractivity contribution in [2.45, 2.75) is 13.8 Å². The maximum Gasteiger partial charge on any atom is 0.225 e. The number of benzene rings is 1. The number of aromatic nitrogens is 2. The molecule has 0 saturated carbocycles. The molecule has 1 aromatic heterocycles. The Morgan fingerprint density at radius 1 is 1.12 bits per heavy atom. The zero-order chi connectivity index (χ0) is 12.3. The Labute approximate surface area is 101 Å². The highest BCUT2D eigenvalue weighted by Gasteiger charge is 2.03. The highest BCUT2D eigenvalue weighted by molar-refractivity contribution is 5.34. The number of ether oxygens (including phenoxy) is 1. The van der Waals surface area contributed by atoms with E-state index in [1.165, 1.54) is 0 Å². The van der Waals surface area contributed by atoms with Crippen LogP contribution in [-0.4, -0.2) is 17.0 Å². The smallest absolute Gasteiger partial charge is 0.225 e. The second-order valence-corrected chi connectivity index (χ2v) is 3.84. The zero-order valence-electron chi connectivity index (χ0n) is 10.2. The van der Waals surface area contributed by atoms with Crippen LogP contribution in [-0.2, 0) is 0 Å². The SMILES string of the molecule is CNc1nc(C)cc(Oc2cccc(C)c2)n1. The zero-order valence-corrected chi connectivity index (χ0v) is 10.2. The van der Waals surface area contributed by atoms with Crippen LogP contribution in [0.2, 0.25) is 0 Å². The number of rotatable bonds is 3. The first kappa shape index (κ1) is 11.4. The summed E-state index contributed by atoms with van der Waals surface area (Å²) in [5, 5.41) is 2.90. The van der Waals surface area contributed by atoms with E-state index >= 15 is 0 Å². The third kappa shape index (κ3) is 2.93. The third-order valence-corrected chi connectivity index (χ3v) is 2.27. The lowest BCUT2D eigenvalue weighted by Gasteiger charge is -2.07. The van der Waals surface area contributed by atoms with Gasteiger partial charge in [0, 0.05) is 18.8 Å². The number of anilines is 1. The maximum absolute atomic E-state index is 5.69. The van der Waals surface area contributed by atoms with Crippen LogP contribution >= 0.6 is 0 Å². The van der Waals surface area contributed by atoms with Crippen LogP contribution in [0, 0.1) is 13.8 Å². The van der Waals surface area contributed by atoms with E-state index in [0.29, 0.717) is 11.8 Å². The van der Waals surface area contributed by atoms with Gasteiger partial charge in [-0.05, 0) is 31.5 Å². The summed E-state index contributed by atoms with van der Waals surface area (Å²) in [5.41, 5.74) is 2.02. The Kier molecular flexibility index (Phi) is 3.23. The average molecular weight is 229 g/mol. The molecule has 1 N–H and O–H groups in total. The summed E-state index contributed by atoms with van der Waals surface area (Å²) in [6.45, 7) is 3.93. The summed E-state index contributed by atoms with van der Waals surface area (Å²) in [6, 6.07) is 9.66. The first-order chi connectivity index (χ1) is 8.17. The Hall–Kier alpha value is -2.10. The third-order valence-electron chi connectivity index (χ3n) is 2.27. The quantitative estimate of drug-likeness (QED) is 0.879. The van der Waals surface area contributed by atoms with Crippen molar-refractivity contribution in [3.63, 3.8) is 0 Å². The minimum absolute atomic E-state index is 0.549. The topological polar surface area (TPSA) is 47.0 Å². The molecule has 0 saturated heterocycles. The molecule has 4 nitrogen and oxygen atoms in total. The summed E-state index contributed by atoms with van der Waals surface area (Å²) in [7, 11) is 1.78. The van der Waals surface area contributed by atoms with Crippen molar-refractivity contribution in [3.05, 3.63) is 41.6 Å². The molecule has 0 aliphatic rings. The number of nitrogens with one attached hydrogen (secondary N) is 1. The molecular formula is C13H15N3O. The fraction of sp³-hybridized carbons (Fsp3) is 0.231. The molecule has 2 aromatic rings. The molecular weight excluding hydrogens is 214 g/mol. The van der Waals surface area contributed by atoms with Gasteiger partial charge in [-0.15, -0.1) is 0 Å². The van der Waals surface area contributed by atoms with Gasteiger partial charge in [0.05, 0.1) is 0 Å². The molecule has 0 bridgehead atoms. The van der Waals surface area contributed by atoms with Crippen molar-refractivity contribution in [3.8, 4) is 11.6 Å². The van der Waals surface area contributed by atoms with E-state index in [1.54, 1.807) is 7.05 Å². The lowest BCUT2D eigenvalue weighted by atomic mass is 10.2. The van der Waals surface area contributed by atoms with Crippen molar-refractivity contribution < 1.29 is 4.74 Å². The number of aryl methyl sites for hydroxylation is 2. The lowest BCUT2D eigenvalue weighted by molar-refractivity contribution is 0.461. The standard InChI is InChI=1S/C13H15N3O/c1-9-5-4-6-11(7-9)17-12-8-10(2)15-13(14-3)16-12/h4-8H,1-3H3,(H,14,15,16). The Morgan fingerprint density at radius 3 is 2.65 bits per heavy atom. The molecule has 0 spiro atoms. The number of hydrogen-bond donors (Lipinski definition) is 1. The predicted molar refractivity (Wildman–Crippen MR) is 67.6 cm³/mol. The average Bonchev–Trinajstić information content (AvgIpc) is 2.28. The molecule has 1 heterocycles. The fourth-order valence-electron chi connectivity index (χ4n) is 1.50. The van der Waals surface area contributed by atoms with Crippen LogP contribution in [0.15, 0.2) is 30.3 Å². The monoisotopic (exact) mass is 229 g/mol. The van der Waals surface area contributed by atoms with Gasteiger partial charge < -0.3 is 10.1 Å². The molecule has 0 aliphatic heterocycles. The summed E-state index contributed by atoms with van der Waals surface area (Å²) in [4.78, 5) is 8.44. The molecule has 4 heteroatoms. The molecule has 17 heavy (non-hydrogen) atoms. The molecule has 2 rings (SSSR count). The molecule has 88 valence electrons. The van der Waals surface area contributed by atoms with Crippen LogP contribution in [0.1, 0.15) is 11.3 Å². The second kappa shape index (κ2) is 4.82. The maximum atomic E-state index is 5.69. The summed E-state index contributed by atoms with van der Waals surface area (Å²) >= 11 is 0. The van der Waals surface area contributed by atoms with Crippen LogP contribution in [0.25, 0.3) is 0 Å². The van der Waals surface area contributed by atoms with Crippen molar-refractivity contribution in [2.24, 2.45) is 0 Å². The fourth-order valence-corrected chi connectivity index (χ4v) is 1.50. The first-order valence-corrected chi connectivity index (χ1v) is 5.45. The van der Waals surface area contributed by atoms with Gasteiger partial charge in [-0.2, -0.15) is 4.98 Å². The van der Waals surface area contributed by atoms with E-state index in [9.17, 15) is 0 Å². The number of nitrogens with zero attached hydrogens (tertiary/aromatic N) is 2. The molecule has 1 aromatic carbocycles. The lowest BCUT2D eigenvalue weighted by Crippen LogP contribution is -1.99. The van der Waals surface area contributed by atoms with E-state index in [0.717, 1.165) is 17.0 Å². The van der Waals surface area contributed by atoms with E-state index in [-0.39, 0.29) is 0 Å². The van der Waals surface area contributed by atoms with Crippen LogP contribution < -0.4 is 10.1 Å². The van der Waals surface area contributed by atoms with Gasteiger partial charge in [0.1, 0.15) is 5.75 Å². The normalized spacial score (nSPS) is 10.1. The minimum atomic E-state index is 0.549. The molecule has 0 atom stereocenters. The van der Waals surface area contributed by atoms with Crippen molar-refractivity contribution in [1.29, 1.82) is 0 Å². The summed E-state index contributed by atoms with van der Waals surface area (Å²) in [5.74, 6) is 1.89. The van der Waals surface area contributed by atoms with Crippen LogP contribution in [0.5, 0.6) is 11.6 Å². The second-order valence-electron chi connectivity index (χ2n) is 3.84. The van der Waals surface area contributed by atoms with Crippen molar-refractivity contribution >= 4 is 5.95 Å². The molecule has 0 fully saturated rings. The highest BCUT2D eigenvalue weighted by atomic mass is 16.5. The van der Waals surface area contributed by atoms with Gasteiger partial charge in [-0.25, -0.2) is 4.98 Å². The van der Waals surface area contributed by atoms with Gasteiger partial charge in [0.25, 0.3) is 0 Å². The van der Waals surface area contributed by atoms with E-state index in [2.05, 4.69) is 15.3 Å². The molecule has 0 aliphatic carbocycles. The molecule has 0 radical (unpaired) electrons. The summed E-state index contributed by atoms with van der Waals surface area (Å²) in [6.07, 6.45) is 0. The highest BCUT2D eigenvalue weighted by Crippen LogP contribution is 2.21. The van der Waals surface area contributed by atoms with Gasteiger partial charge in [0.2, 0.25) is 11.8 Å². The van der Waals surface area contributed by atoms with Gasteiger partial charge in [-0.1, -0.05) is 12.1 Å². The van der Waals surface area contributed by atoms with Gasteiger partial charge in [-0.3, -0.25) is 0 Å². The summed E-state index contributed by atoms with van der Waals surface area (Å²) < 4.78 is 5.69. The Bertz CT molecular complexity index is 526. The van der Waals surface area contributed by atoms with E-state index in [4.69, 9.17) is 4.74 Å². The largest absolute Gasteiger partial charge is 0.439 e. The molecule has 0 unspecified atom stereocenters. The van der Waals surface area contributed by atoms with Crippen LogP contribution in [0.3, 0.4) is 0 Å². The van der Waals surface area contributed by atoms with Gasteiger partial charge in [0.15, 0.2) is 0 Å². The predicted octanol–water partition coefficient (Wildman–Crippen LogP) is 2.93. The minimum Gasteiger partial charge on any atom is -0.439 e. The van der Waals surface area contributed by atoms with Gasteiger partial charge >= 0.3 is 0 Å². The Balaban J connectivity index is 2.26. The number of hydrogen-bond acceptors (Lipinski definition) is 4.